The first-order valence-corrected chi connectivity index (χ1v) is 8.46. The van der Waals surface area contributed by atoms with Gasteiger partial charge in [0.15, 0.2) is 5.03 Å². The standard InChI is InChI=1S/C13H21N3O4S/c1-10(8-13(17)18)11-4-3-7-16(9-11)21(19,20)12-5-6-14-15(12)2/h5-6,10-11H,3-4,7-9H2,1-2H3,(H,17,18). The van der Waals surface area contributed by atoms with Gasteiger partial charge in [-0.2, -0.15) is 9.40 Å². The highest BCUT2D eigenvalue weighted by atomic mass is 32.2. The molecule has 8 heteroatoms. The van der Waals surface area contributed by atoms with E-state index in [1.807, 2.05) is 6.92 Å². The van der Waals surface area contributed by atoms with Crippen molar-refractivity contribution in [2.45, 2.75) is 31.2 Å². The van der Waals surface area contributed by atoms with E-state index in [4.69, 9.17) is 5.11 Å². The maximum Gasteiger partial charge on any atom is 0.303 e. The number of rotatable bonds is 5. The van der Waals surface area contributed by atoms with Crippen LogP contribution in [-0.2, 0) is 21.9 Å². The highest BCUT2D eigenvalue weighted by Gasteiger charge is 2.34. The fourth-order valence-corrected chi connectivity index (χ4v) is 4.48. The summed E-state index contributed by atoms with van der Waals surface area (Å²) in [5, 5.41) is 13.0. The molecule has 0 bridgehead atoms. The number of carboxylic acids is 1. The lowest BCUT2D eigenvalue weighted by atomic mass is 9.85. The van der Waals surface area contributed by atoms with Gasteiger partial charge in [0.1, 0.15) is 0 Å². The molecule has 1 aliphatic heterocycles. The number of carbonyl (C=O) groups is 1. The number of hydrogen-bond donors (Lipinski definition) is 1. The molecule has 118 valence electrons. The first kappa shape index (κ1) is 16.0. The predicted molar refractivity (Wildman–Crippen MR) is 76.1 cm³/mol. The van der Waals surface area contributed by atoms with E-state index >= 15 is 0 Å². The van der Waals surface area contributed by atoms with Crippen molar-refractivity contribution in [1.29, 1.82) is 0 Å². The van der Waals surface area contributed by atoms with Gasteiger partial charge in [0, 0.05) is 26.6 Å². The fraction of sp³-hybridized carbons (Fsp3) is 0.692. The lowest BCUT2D eigenvalue weighted by molar-refractivity contribution is -0.138. The summed E-state index contributed by atoms with van der Waals surface area (Å²) in [7, 11) is -1.96. The highest BCUT2D eigenvalue weighted by molar-refractivity contribution is 7.89. The van der Waals surface area contributed by atoms with Crippen LogP contribution in [0.3, 0.4) is 0 Å². The molecule has 2 atom stereocenters. The average Bonchev–Trinajstić information content (AvgIpc) is 2.85. The number of aryl methyl sites for hydroxylation is 1. The molecule has 1 saturated heterocycles. The van der Waals surface area contributed by atoms with Gasteiger partial charge in [-0.1, -0.05) is 6.92 Å². The van der Waals surface area contributed by atoms with Gasteiger partial charge in [0.2, 0.25) is 0 Å². The second-order valence-electron chi connectivity index (χ2n) is 5.63. The van der Waals surface area contributed by atoms with Crippen LogP contribution in [0.5, 0.6) is 0 Å². The zero-order valence-corrected chi connectivity index (χ0v) is 13.1. The number of nitrogens with zero attached hydrogens (tertiary/aromatic N) is 3. The number of piperidine rings is 1. The smallest absolute Gasteiger partial charge is 0.303 e. The summed E-state index contributed by atoms with van der Waals surface area (Å²) in [6.07, 6.45) is 3.16. The van der Waals surface area contributed by atoms with Crippen molar-refractivity contribution in [3.63, 3.8) is 0 Å². The van der Waals surface area contributed by atoms with Crippen molar-refractivity contribution in [3.8, 4) is 0 Å². The van der Waals surface area contributed by atoms with Crippen LogP contribution >= 0.6 is 0 Å². The number of carboxylic acid groups (broad SMARTS) is 1. The Morgan fingerprint density at radius 3 is 2.86 bits per heavy atom. The van der Waals surface area contributed by atoms with E-state index in [1.54, 1.807) is 7.05 Å². The second kappa shape index (κ2) is 6.15. The van der Waals surface area contributed by atoms with Gasteiger partial charge in [-0.25, -0.2) is 8.42 Å². The lowest BCUT2D eigenvalue weighted by Crippen LogP contribution is -2.42. The Bertz CT molecular complexity index is 611. The van der Waals surface area contributed by atoms with Crippen LogP contribution in [0.4, 0.5) is 0 Å². The molecule has 0 aliphatic carbocycles. The molecule has 0 amide bonds. The van der Waals surface area contributed by atoms with E-state index in [9.17, 15) is 13.2 Å². The Hall–Kier alpha value is -1.41. The molecule has 1 N–H and O–H groups in total. The minimum Gasteiger partial charge on any atom is -0.481 e. The lowest BCUT2D eigenvalue weighted by Gasteiger charge is -2.34. The minimum absolute atomic E-state index is 0.0352. The van der Waals surface area contributed by atoms with E-state index in [0.29, 0.717) is 13.1 Å². The Morgan fingerprint density at radius 1 is 1.57 bits per heavy atom. The normalized spacial score (nSPS) is 22.1. The van der Waals surface area contributed by atoms with Crippen molar-refractivity contribution < 1.29 is 18.3 Å². The van der Waals surface area contributed by atoms with E-state index in [1.165, 1.54) is 21.3 Å². The van der Waals surface area contributed by atoms with E-state index < -0.39 is 16.0 Å². The molecule has 0 saturated carbocycles. The predicted octanol–water partition coefficient (Wildman–Crippen LogP) is 0.932. The fourth-order valence-electron chi connectivity index (χ4n) is 2.85. The molecule has 1 fully saturated rings. The maximum absolute atomic E-state index is 12.6. The Balaban J connectivity index is 2.14. The molecule has 1 aromatic rings. The molecule has 2 heterocycles. The van der Waals surface area contributed by atoms with Crippen molar-refractivity contribution in [3.05, 3.63) is 12.3 Å². The third-order valence-electron chi connectivity index (χ3n) is 4.10. The quantitative estimate of drug-likeness (QED) is 0.872. The molecular weight excluding hydrogens is 294 g/mol. The summed E-state index contributed by atoms with van der Waals surface area (Å²) < 4.78 is 28.0. The molecule has 0 spiro atoms. The monoisotopic (exact) mass is 315 g/mol. The molecule has 0 aromatic carbocycles. The molecule has 7 nitrogen and oxygen atoms in total. The third kappa shape index (κ3) is 3.44. The van der Waals surface area contributed by atoms with Crippen LogP contribution in [0.1, 0.15) is 26.2 Å². The summed E-state index contributed by atoms with van der Waals surface area (Å²) in [5.74, 6) is -0.793. The van der Waals surface area contributed by atoms with Crippen LogP contribution < -0.4 is 0 Å². The van der Waals surface area contributed by atoms with E-state index in [0.717, 1.165) is 12.8 Å². The molecule has 2 rings (SSSR count). The highest BCUT2D eigenvalue weighted by Crippen LogP contribution is 2.29. The molecule has 2 unspecified atom stereocenters. The van der Waals surface area contributed by atoms with Crippen molar-refractivity contribution >= 4 is 16.0 Å². The third-order valence-corrected chi connectivity index (χ3v) is 6.04. The summed E-state index contributed by atoms with van der Waals surface area (Å²) in [5.41, 5.74) is 0. The van der Waals surface area contributed by atoms with Gasteiger partial charge in [-0.05, 0) is 30.7 Å². The summed E-state index contributed by atoms with van der Waals surface area (Å²) in [4.78, 5) is 10.8. The van der Waals surface area contributed by atoms with E-state index in [2.05, 4.69) is 5.10 Å². The van der Waals surface area contributed by atoms with Gasteiger partial charge >= 0.3 is 5.97 Å². The van der Waals surface area contributed by atoms with Gasteiger partial charge in [0.05, 0.1) is 6.20 Å². The Morgan fingerprint density at radius 2 is 2.29 bits per heavy atom. The van der Waals surface area contributed by atoms with Crippen LogP contribution in [0.15, 0.2) is 17.3 Å². The second-order valence-corrected chi connectivity index (χ2v) is 7.52. The number of sulfonamides is 1. The van der Waals surface area contributed by atoms with Gasteiger partial charge < -0.3 is 5.11 Å². The van der Waals surface area contributed by atoms with Crippen LogP contribution in [-0.4, -0.2) is 46.7 Å². The number of aliphatic carboxylic acids is 1. The molecular formula is C13H21N3O4S. The zero-order valence-electron chi connectivity index (χ0n) is 12.3. The zero-order chi connectivity index (χ0) is 15.6. The topological polar surface area (TPSA) is 92.5 Å². The Kier molecular flexibility index (Phi) is 4.67. The van der Waals surface area contributed by atoms with Crippen molar-refractivity contribution in [1.82, 2.24) is 14.1 Å². The molecule has 0 radical (unpaired) electrons. The first-order valence-electron chi connectivity index (χ1n) is 7.02. The van der Waals surface area contributed by atoms with Gasteiger partial charge in [0.25, 0.3) is 10.0 Å². The van der Waals surface area contributed by atoms with Gasteiger partial charge in [-0.3, -0.25) is 9.48 Å². The van der Waals surface area contributed by atoms with E-state index in [-0.39, 0.29) is 23.3 Å². The summed E-state index contributed by atoms with van der Waals surface area (Å²) >= 11 is 0. The first-order chi connectivity index (χ1) is 9.82. The molecule has 1 aromatic heterocycles. The minimum atomic E-state index is -3.56. The largest absolute Gasteiger partial charge is 0.481 e. The van der Waals surface area contributed by atoms with Crippen molar-refractivity contribution in [2.24, 2.45) is 18.9 Å². The van der Waals surface area contributed by atoms with Crippen LogP contribution in [0, 0.1) is 11.8 Å². The van der Waals surface area contributed by atoms with Crippen molar-refractivity contribution in [2.75, 3.05) is 13.1 Å². The Labute approximate surface area is 124 Å². The molecule has 1 aliphatic rings. The van der Waals surface area contributed by atoms with Crippen LogP contribution in [0.2, 0.25) is 0 Å². The average molecular weight is 315 g/mol. The van der Waals surface area contributed by atoms with Crippen LogP contribution in [0.25, 0.3) is 0 Å². The number of aromatic nitrogens is 2. The SMILES string of the molecule is CC(CC(=O)O)C1CCCN(S(=O)(=O)c2ccnn2C)C1. The number of hydrogen-bond acceptors (Lipinski definition) is 4. The molecule has 21 heavy (non-hydrogen) atoms. The van der Waals surface area contributed by atoms with Gasteiger partial charge in [-0.15, -0.1) is 0 Å². The maximum atomic E-state index is 12.6. The summed E-state index contributed by atoms with van der Waals surface area (Å²) in [6.45, 7) is 2.73. The summed E-state index contributed by atoms with van der Waals surface area (Å²) in [6, 6.07) is 1.49.